The fourth-order valence-electron chi connectivity index (χ4n) is 1.90. The summed E-state index contributed by atoms with van der Waals surface area (Å²) < 4.78 is 1.55. The molecule has 1 aromatic rings. The van der Waals surface area contributed by atoms with Gasteiger partial charge in [0, 0.05) is 31.2 Å². The van der Waals surface area contributed by atoms with Gasteiger partial charge in [0.1, 0.15) is 0 Å². The first-order valence-electron chi connectivity index (χ1n) is 5.73. The Morgan fingerprint density at radius 1 is 1.50 bits per heavy atom. The van der Waals surface area contributed by atoms with Gasteiger partial charge in [0.25, 0.3) is 0 Å². The van der Waals surface area contributed by atoms with E-state index in [-0.39, 0.29) is 25.5 Å². The molecule has 97 valence electrons. The molecule has 0 spiro atoms. The van der Waals surface area contributed by atoms with Crippen molar-refractivity contribution in [3.63, 3.8) is 0 Å². The summed E-state index contributed by atoms with van der Waals surface area (Å²) in [6, 6.07) is 1.58. The molecule has 0 fully saturated rings. The van der Waals surface area contributed by atoms with E-state index < -0.39 is 0 Å². The van der Waals surface area contributed by atoms with Crippen LogP contribution in [-0.4, -0.2) is 15.5 Å². The number of hydrogen-bond donors (Lipinski definition) is 0. The van der Waals surface area contributed by atoms with E-state index in [1.165, 1.54) is 5.71 Å². The van der Waals surface area contributed by atoms with E-state index in [0.717, 1.165) is 18.7 Å². The first-order chi connectivity index (χ1) is 8.06. The second-order valence-electron chi connectivity index (χ2n) is 4.69. The number of hydrogen-bond acceptors (Lipinski definition) is 2. The molecule has 0 N–H and O–H groups in total. The van der Waals surface area contributed by atoms with Crippen LogP contribution in [0.2, 0.25) is 0 Å². The molecule has 1 radical (unpaired) electrons. The predicted octanol–water partition coefficient (Wildman–Crippen LogP) is 3.31. The first-order valence-corrected chi connectivity index (χ1v) is 5.73. The molecule has 1 aromatic heterocycles. The monoisotopic (exact) mass is 420 g/mol. The maximum absolute atomic E-state index is 6.89. The van der Waals surface area contributed by atoms with E-state index in [1.54, 1.807) is 10.7 Å². The van der Waals surface area contributed by atoms with Crippen molar-refractivity contribution >= 4 is 17.4 Å². The van der Waals surface area contributed by atoms with Crippen molar-refractivity contribution in [1.29, 1.82) is 0 Å². The van der Waals surface area contributed by atoms with Gasteiger partial charge in [-0.3, -0.25) is 4.99 Å². The minimum absolute atomic E-state index is 0. The minimum atomic E-state index is -0.0244. The van der Waals surface area contributed by atoms with E-state index >= 15 is 0 Å². The molecule has 0 unspecified atom stereocenters. The third-order valence-electron chi connectivity index (χ3n) is 2.82. The van der Waals surface area contributed by atoms with E-state index in [2.05, 4.69) is 48.0 Å². The van der Waals surface area contributed by atoms with Gasteiger partial charge in [-0.1, -0.05) is 39.8 Å². The van der Waals surface area contributed by atoms with E-state index in [9.17, 15) is 0 Å². The van der Waals surface area contributed by atoms with Crippen molar-refractivity contribution in [3.05, 3.63) is 29.8 Å². The summed E-state index contributed by atoms with van der Waals surface area (Å²) in [5, 5.41) is 4.10. The maximum atomic E-state index is 6.89. The van der Waals surface area contributed by atoms with Crippen LogP contribution in [-0.2, 0) is 20.1 Å². The number of aromatic nitrogens is 2. The summed E-state index contributed by atoms with van der Waals surface area (Å²) in [5.74, 6) is 1.12. The van der Waals surface area contributed by atoms with E-state index in [0.29, 0.717) is 5.82 Å². The SMILES string of the molecule is [C-]#[N+]c1c[c-]n(C2=CC(C)(C)C(CCC)=N2)n1.[Ir]. The Balaban J connectivity index is 0.00000162. The van der Waals surface area contributed by atoms with Gasteiger partial charge in [-0.05, 0) is 23.8 Å². The number of aliphatic imine (C=N–C) groups is 1. The van der Waals surface area contributed by atoms with Crippen molar-refractivity contribution in [2.75, 3.05) is 0 Å². The molecule has 1 aliphatic rings. The molecule has 0 atom stereocenters. The third kappa shape index (κ3) is 2.77. The number of allylic oxidation sites excluding steroid dienone is 1. The van der Waals surface area contributed by atoms with Crippen molar-refractivity contribution in [1.82, 2.24) is 9.78 Å². The molecule has 0 amide bonds. The molecular formula is C13H15IrN4-. The van der Waals surface area contributed by atoms with Gasteiger partial charge >= 0.3 is 5.82 Å². The van der Waals surface area contributed by atoms with Gasteiger partial charge in [0.05, 0.1) is 5.82 Å². The minimum Gasteiger partial charge on any atom is -0.330 e. The van der Waals surface area contributed by atoms with Gasteiger partial charge in [-0.15, -0.1) is 0 Å². The van der Waals surface area contributed by atoms with Gasteiger partial charge in [0.2, 0.25) is 0 Å². The summed E-state index contributed by atoms with van der Waals surface area (Å²) in [5.41, 5.74) is 1.15. The van der Waals surface area contributed by atoms with Crippen LogP contribution in [0.25, 0.3) is 10.7 Å². The second kappa shape index (κ2) is 5.60. The largest absolute Gasteiger partial charge is 0.330 e. The molecule has 0 bridgehead atoms. The van der Waals surface area contributed by atoms with Crippen LogP contribution in [0.15, 0.2) is 17.1 Å². The van der Waals surface area contributed by atoms with Crippen molar-refractivity contribution in [3.8, 4) is 0 Å². The van der Waals surface area contributed by atoms with Crippen LogP contribution in [0.5, 0.6) is 0 Å². The number of nitrogens with zero attached hydrogens (tertiary/aromatic N) is 4. The summed E-state index contributed by atoms with van der Waals surface area (Å²) in [4.78, 5) is 7.86. The van der Waals surface area contributed by atoms with Crippen LogP contribution in [0, 0.1) is 18.2 Å². The smallest absolute Gasteiger partial charge is 0.327 e. The Bertz CT molecular complexity index is 531. The van der Waals surface area contributed by atoms with E-state index in [1.807, 2.05) is 0 Å². The molecule has 0 aromatic carbocycles. The van der Waals surface area contributed by atoms with Crippen molar-refractivity contribution in [2.45, 2.75) is 33.6 Å². The van der Waals surface area contributed by atoms with Gasteiger partial charge in [0.15, 0.2) is 0 Å². The molecule has 0 aliphatic carbocycles. The Kier molecular flexibility index (Phi) is 4.61. The molecule has 0 saturated heterocycles. The molecular weight excluding hydrogens is 404 g/mol. The summed E-state index contributed by atoms with van der Waals surface area (Å²) >= 11 is 0. The van der Waals surface area contributed by atoms with Crippen molar-refractivity contribution < 1.29 is 20.1 Å². The molecule has 5 heteroatoms. The molecule has 1 aliphatic heterocycles. The fraction of sp³-hybridized carbons (Fsp3) is 0.462. The van der Waals surface area contributed by atoms with Gasteiger partial charge in [-0.2, -0.15) is 0 Å². The zero-order valence-corrected chi connectivity index (χ0v) is 13.1. The van der Waals surface area contributed by atoms with Gasteiger partial charge < -0.3 is 4.85 Å². The Hall–Kier alpha value is -1.24. The fourth-order valence-corrected chi connectivity index (χ4v) is 1.90. The summed E-state index contributed by atoms with van der Waals surface area (Å²) in [6.07, 6.45) is 7.07. The summed E-state index contributed by atoms with van der Waals surface area (Å²) in [7, 11) is 0. The molecule has 2 heterocycles. The topological polar surface area (TPSA) is 34.5 Å². The van der Waals surface area contributed by atoms with Gasteiger partial charge in [-0.25, -0.2) is 4.68 Å². The average Bonchev–Trinajstić information content (AvgIpc) is 2.84. The summed E-state index contributed by atoms with van der Waals surface area (Å²) in [6.45, 7) is 13.3. The van der Waals surface area contributed by atoms with Crippen LogP contribution in [0.3, 0.4) is 0 Å². The number of rotatable bonds is 3. The third-order valence-corrected chi connectivity index (χ3v) is 2.82. The predicted molar refractivity (Wildman–Crippen MR) is 67.7 cm³/mol. The Labute approximate surface area is 121 Å². The van der Waals surface area contributed by atoms with Crippen LogP contribution < -0.4 is 0 Å². The van der Waals surface area contributed by atoms with Crippen molar-refractivity contribution in [2.24, 2.45) is 10.4 Å². The second-order valence-corrected chi connectivity index (χ2v) is 4.69. The van der Waals surface area contributed by atoms with Crippen LogP contribution >= 0.6 is 0 Å². The van der Waals surface area contributed by atoms with Crippen LogP contribution in [0.1, 0.15) is 33.6 Å². The molecule has 18 heavy (non-hydrogen) atoms. The zero-order valence-electron chi connectivity index (χ0n) is 10.7. The normalized spacial score (nSPS) is 16.6. The molecule has 0 saturated carbocycles. The van der Waals surface area contributed by atoms with E-state index in [4.69, 9.17) is 6.57 Å². The Morgan fingerprint density at radius 2 is 2.22 bits per heavy atom. The quantitative estimate of drug-likeness (QED) is 0.693. The standard InChI is InChI=1S/C13H15N4.Ir/c1-5-6-10-13(2,3)9-12(15-10)17-8-7-11(14-4)16-17;/h7,9H,5-6H2,1-3H3;/q-1;. The maximum Gasteiger partial charge on any atom is 0.327 e. The average molecular weight is 420 g/mol. The first kappa shape index (κ1) is 14.8. The zero-order chi connectivity index (χ0) is 12.5. The van der Waals surface area contributed by atoms with Crippen LogP contribution in [0.4, 0.5) is 5.82 Å². The Morgan fingerprint density at radius 3 is 2.78 bits per heavy atom. The molecule has 2 rings (SSSR count). The molecule has 4 nitrogen and oxygen atoms in total.